The Kier molecular flexibility index (Phi) is 10.0. The molecule has 8 heteroatoms. The fourth-order valence-corrected chi connectivity index (χ4v) is 5.59. The average Bonchev–Trinajstić information content (AvgIpc) is 3.26. The number of nitrogens with one attached hydrogen (secondary N) is 1. The summed E-state index contributed by atoms with van der Waals surface area (Å²) in [6.07, 6.45) is 3.18. The smallest absolute Gasteiger partial charge is 0.249 e. The predicted molar refractivity (Wildman–Crippen MR) is 169 cm³/mol. The van der Waals surface area contributed by atoms with Gasteiger partial charge in [-0.2, -0.15) is 0 Å². The number of benzene rings is 2. The molecule has 0 saturated carbocycles. The van der Waals surface area contributed by atoms with Crippen LogP contribution < -0.4 is 15.0 Å². The number of ether oxygens (including phenoxy) is 1. The number of aryl methyl sites for hydroxylation is 3. The molecule has 2 aromatic carbocycles. The maximum Gasteiger partial charge on any atom is 0.249 e. The number of amides is 2. The summed E-state index contributed by atoms with van der Waals surface area (Å²) >= 11 is 0. The molecule has 2 heterocycles. The van der Waals surface area contributed by atoms with Crippen molar-refractivity contribution in [2.75, 3.05) is 39.7 Å². The molecule has 8 nitrogen and oxygen atoms in total. The highest BCUT2D eigenvalue weighted by molar-refractivity contribution is 6.00. The average molecular weight is 570 g/mol. The molecular formula is C34H43N5O3. The molecule has 222 valence electrons. The van der Waals surface area contributed by atoms with Crippen LogP contribution in [0.2, 0.25) is 0 Å². The number of carbonyl (C=O) groups is 2. The second kappa shape index (κ2) is 13.7. The number of fused-ring (bicyclic) bond motifs is 1. The highest BCUT2D eigenvalue weighted by Crippen LogP contribution is 2.32. The maximum atomic E-state index is 13.8. The monoisotopic (exact) mass is 569 g/mol. The Balaban J connectivity index is 1.62. The highest BCUT2D eigenvalue weighted by atomic mass is 16.5. The van der Waals surface area contributed by atoms with Crippen LogP contribution in [0, 0.1) is 20.8 Å². The van der Waals surface area contributed by atoms with E-state index >= 15 is 0 Å². The van der Waals surface area contributed by atoms with E-state index in [0.717, 1.165) is 47.3 Å². The number of anilines is 1. The van der Waals surface area contributed by atoms with Gasteiger partial charge in [-0.05, 0) is 76.2 Å². The van der Waals surface area contributed by atoms with Crippen LogP contribution in [0.1, 0.15) is 34.4 Å². The summed E-state index contributed by atoms with van der Waals surface area (Å²) in [6, 6.07) is 16.8. The molecule has 2 amide bonds. The summed E-state index contributed by atoms with van der Waals surface area (Å²) in [5.74, 6) is 0.0754. The summed E-state index contributed by atoms with van der Waals surface area (Å²) < 4.78 is 7.52. The molecule has 0 spiro atoms. The van der Waals surface area contributed by atoms with Crippen molar-refractivity contribution in [3.05, 3.63) is 88.7 Å². The molecule has 0 saturated heterocycles. The van der Waals surface area contributed by atoms with E-state index in [-0.39, 0.29) is 18.2 Å². The molecule has 0 fully saturated rings. The van der Waals surface area contributed by atoms with Crippen molar-refractivity contribution < 1.29 is 14.3 Å². The van der Waals surface area contributed by atoms with E-state index in [1.54, 1.807) is 32.5 Å². The molecule has 0 aliphatic heterocycles. The lowest BCUT2D eigenvalue weighted by Crippen LogP contribution is -2.49. The van der Waals surface area contributed by atoms with Crippen LogP contribution in [0.5, 0.6) is 5.88 Å². The number of methoxy groups -OCH3 is 1. The first-order chi connectivity index (χ1) is 20.1. The minimum atomic E-state index is -0.747. The predicted octanol–water partition coefficient (Wildman–Crippen LogP) is 4.85. The van der Waals surface area contributed by atoms with Gasteiger partial charge >= 0.3 is 0 Å². The number of nitrogens with zero attached hydrogens (tertiary/aromatic N) is 4. The van der Waals surface area contributed by atoms with Gasteiger partial charge in [-0.15, -0.1) is 0 Å². The molecule has 2 aromatic heterocycles. The second-order valence-electron chi connectivity index (χ2n) is 11.2. The molecule has 1 atom stereocenters. The van der Waals surface area contributed by atoms with Crippen LogP contribution in [0.25, 0.3) is 10.9 Å². The first kappa shape index (κ1) is 30.8. The first-order valence-corrected chi connectivity index (χ1v) is 14.4. The van der Waals surface area contributed by atoms with Crippen molar-refractivity contribution in [1.29, 1.82) is 0 Å². The number of likely N-dealkylation sites (N-methyl/N-ethyl adjacent to an activating group) is 1. The summed E-state index contributed by atoms with van der Waals surface area (Å²) in [7, 11) is 7.42. The van der Waals surface area contributed by atoms with Gasteiger partial charge in [0, 0.05) is 37.2 Å². The first-order valence-electron chi connectivity index (χ1n) is 14.4. The third-order valence-corrected chi connectivity index (χ3v) is 7.89. The summed E-state index contributed by atoms with van der Waals surface area (Å²) in [6.45, 7) is 8.20. The van der Waals surface area contributed by atoms with Gasteiger partial charge in [0.2, 0.25) is 17.7 Å². The lowest BCUT2D eigenvalue weighted by atomic mass is 10.00. The Bertz CT molecular complexity index is 1530. The molecule has 4 aromatic rings. The molecule has 1 N–H and O–H groups in total. The normalized spacial score (nSPS) is 12.0. The molecule has 0 radical (unpaired) electrons. The van der Waals surface area contributed by atoms with Crippen LogP contribution in [0.4, 0.5) is 5.69 Å². The summed E-state index contributed by atoms with van der Waals surface area (Å²) in [5, 5.41) is 4.23. The van der Waals surface area contributed by atoms with E-state index in [1.165, 1.54) is 16.0 Å². The van der Waals surface area contributed by atoms with Gasteiger partial charge in [-0.3, -0.25) is 9.59 Å². The van der Waals surface area contributed by atoms with Gasteiger partial charge in [-0.1, -0.05) is 42.5 Å². The van der Waals surface area contributed by atoms with Crippen molar-refractivity contribution >= 4 is 28.4 Å². The SMILES string of the molecule is COc1ccc(N(C)C(=O)[C@H](Cc2ccccc2)NC(=O)Cc2c(C)n(CCCN(C)C)c3c(C)ccc(C)c23)cn1. The van der Waals surface area contributed by atoms with Gasteiger partial charge in [0.05, 0.1) is 30.9 Å². The van der Waals surface area contributed by atoms with Crippen LogP contribution >= 0.6 is 0 Å². The van der Waals surface area contributed by atoms with E-state index in [2.05, 4.69) is 66.8 Å². The highest BCUT2D eigenvalue weighted by Gasteiger charge is 2.27. The van der Waals surface area contributed by atoms with Crippen molar-refractivity contribution in [1.82, 2.24) is 19.8 Å². The number of pyridine rings is 1. The number of rotatable bonds is 12. The zero-order valence-corrected chi connectivity index (χ0v) is 25.9. The molecule has 0 aliphatic carbocycles. The number of hydrogen-bond donors (Lipinski definition) is 1. The Morgan fingerprint density at radius 3 is 2.33 bits per heavy atom. The van der Waals surface area contributed by atoms with Crippen molar-refractivity contribution in [2.24, 2.45) is 0 Å². The van der Waals surface area contributed by atoms with E-state index in [0.29, 0.717) is 18.0 Å². The lowest BCUT2D eigenvalue weighted by molar-refractivity contribution is -0.127. The third-order valence-electron chi connectivity index (χ3n) is 7.89. The molecular weight excluding hydrogens is 526 g/mol. The van der Waals surface area contributed by atoms with Crippen LogP contribution in [-0.4, -0.2) is 67.1 Å². The Labute approximate surface area is 249 Å². The fraction of sp³-hybridized carbons (Fsp3) is 0.382. The lowest BCUT2D eigenvalue weighted by Gasteiger charge is -2.25. The minimum Gasteiger partial charge on any atom is -0.481 e. The topological polar surface area (TPSA) is 79.7 Å². The number of aromatic nitrogens is 2. The van der Waals surface area contributed by atoms with Crippen molar-refractivity contribution in [3.63, 3.8) is 0 Å². The summed E-state index contributed by atoms with van der Waals surface area (Å²) in [5.41, 5.74) is 7.25. The minimum absolute atomic E-state index is 0.179. The molecule has 0 aliphatic rings. The van der Waals surface area contributed by atoms with Gasteiger partial charge in [0.15, 0.2) is 0 Å². The van der Waals surface area contributed by atoms with Crippen LogP contribution in [-0.2, 0) is 29.0 Å². The molecule has 4 rings (SSSR count). The molecule has 0 bridgehead atoms. The van der Waals surface area contributed by atoms with Crippen LogP contribution in [0.15, 0.2) is 60.8 Å². The van der Waals surface area contributed by atoms with Crippen LogP contribution in [0.3, 0.4) is 0 Å². The third kappa shape index (κ3) is 6.99. The zero-order valence-electron chi connectivity index (χ0n) is 25.9. The van der Waals surface area contributed by atoms with Gasteiger partial charge in [0.1, 0.15) is 6.04 Å². The quantitative estimate of drug-likeness (QED) is 0.264. The maximum absolute atomic E-state index is 13.8. The molecule has 42 heavy (non-hydrogen) atoms. The van der Waals surface area contributed by atoms with E-state index < -0.39 is 6.04 Å². The standard InChI is InChI=1S/C34H43N5O3/c1-23-14-15-24(2)33-32(23)28(25(3)39(33)19-11-18-37(4)5)21-30(40)36-29(20-26-12-9-8-10-13-26)34(41)38(6)27-16-17-31(42-7)35-22-27/h8-10,12-17,22,29H,11,18-21H2,1-7H3,(H,36,40)/t29-/m0/s1. The van der Waals surface area contributed by atoms with Crippen molar-refractivity contribution in [2.45, 2.75) is 52.6 Å². The number of carbonyl (C=O) groups excluding carboxylic acids is 2. The summed E-state index contributed by atoms with van der Waals surface area (Å²) in [4.78, 5) is 35.5. The van der Waals surface area contributed by atoms with Gasteiger partial charge in [0.25, 0.3) is 0 Å². The molecule has 0 unspecified atom stereocenters. The van der Waals surface area contributed by atoms with E-state index in [4.69, 9.17) is 4.74 Å². The Hall–Kier alpha value is -4.17. The number of hydrogen-bond acceptors (Lipinski definition) is 5. The van der Waals surface area contributed by atoms with Gasteiger partial charge in [-0.25, -0.2) is 4.98 Å². The van der Waals surface area contributed by atoms with E-state index in [1.807, 2.05) is 30.3 Å². The Morgan fingerprint density at radius 2 is 1.69 bits per heavy atom. The van der Waals surface area contributed by atoms with E-state index in [9.17, 15) is 9.59 Å². The Morgan fingerprint density at radius 1 is 0.976 bits per heavy atom. The van der Waals surface area contributed by atoms with Crippen molar-refractivity contribution in [3.8, 4) is 5.88 Å². The zero-order chi connectivity index (χ0) is 30.4. The van der Waals surface area contributed by atoms with Gasteiger partial charge < -0.3 is 24.4 Å². The second-order valence-corrected chi connectivity index (χ2v) is 11.2. The largest absolute Gasteiger partial charge is 0.481 e. The fourth-order valence-electron chi connectivity index (χ4n) is 5.59.